The van der Waals surface area contributed by atoms with Crippen LogP contribution in [-0.4, -0.2) is 68.2 Å². The highest BCUT2D eigenvalue weighted by molar-refractivity contribution is 6.10. The van der Waals surface area contributed by atoms with Gasteiger partial charge in [0.15, 0.2) is 5.78 Å². The van der Waals surface area contributed by atoms with Gasteiger partial charge in [0.1, 0.15) is 0 Å². The van der Waals surface area contributed by atoms with Crippen molar-refractivity contribution in [2.45, 2.75) is 13.1 Å². The van der Waals surface area contributed by atoms with E-state index >= 15 is 0 Å². The number of carbonyl (C=O) groups excluding carboxylic acids is 1. The second-order valence-corrected chi connectivity index (χ2v) is 7.42. The van der Waals surface area contributed by atoms with Gasteiger partial charge in [0.2, 0.25) is 0 Å². The molecule has 28 heavy (non-hydrogen) atoms. The Morgan fingerprint density at radius 2 is 1.07 bits per heavy atom. The van der Waals surface area contributed by atoms with Crippen LogP contribution in [0.2, 0.25) is 0 Å². The van der Waals surface area contributed by atoms with E-state index in [1.54, 1.807) is 0 Å². The van der Waals surface area contributed by atoms with Gasteiger partial charge in [0.25, 0.3) is 0 Å². The molecule has 0 spiro atoms. The highest BCUT2D eigenvalue weighted by Gasteiger charge is 2.20. The lowest BCUT2D eigenvalue weighted by atomic mass is 9.94. The molecule has 148 valence electrons. The van der Waals surface area contributed by atoms with E-state index in [1.807, 2.05) is 36.4 Å². The van der Waals surface area contributed by atoms with Crippen LogP contribution in [0.15, 0.2) is 48.5 Å². The van der Waals surface area contributed by atoms with Gasteiger partial charge in [0, 0.05) is 50.4 Å². The number of ketones is 1. The minimum atomic E-state index is 0.118. The Morgan fingerprint density at radius 1 is 0.679 bits per heavy atom. The van der Waals surface area contributed by atoms with Crippen molar-refractivity contribution in [3.05, 3.63) is 70.8 Å². The summed E-state index contributed by atoms with van der Waals surface area (Å²) >= 11 is 0. The number of nitrogens with zero attached hydrogens (tertiary/aromatic N) is 2. The van der Waals surface area contributed by atoms with E-state index in [0.29, 0.717) is 0 Å². The van der Waals surface area contributed by atoms with Gasteiger partial charge in [-0.25, -0.2) is 0 Å². The maximum absolute atomic E-state index is 13.5. The summed E-state index contributed by atoms with van der Waals surface area (Å²) in [7, 11) is 0. The Hall–Kier alpha value is -2.05. The van der Waals surface area contributed by atoms with Gasteiger partial charge in [-0.2, -0.15) is 0 Å². The van der Waals surface area contributed by atoms with E-state index < -0.39 is 0 Å². The van der Waals surface area contributed by atoms with Crippen molar-refractivity contribution in [1.82, 2.24) is 9.80 Å². The molecule has 2 fully saturated rings. The molecule has 0 radical (unpaired) electrons. The van der Waals surface area contributed by atoms with Crippen LogP contribution in [0.1, 0.15) is 27.0 Å². The summed E-state index contributed by atoms with van der Waals surface area (Å²) in [4.78, 5) is 18.2. The first kappa shape index (κ1) is 19.3. The molecule has 2 aliphatic heterocycles. The van der Waals surface area contributed by atoms with Gasteiger partial charge in [-0.1, -0.05) is 48.5 Å². The van der Waals surface area contributed by atoms with Crippen LogP contribution >= 0.6 is 0 Å². The number of rotatable bonds is 6. The predicted molar refractivity (Wildman–Crippen MR) is 109 cm³/mol. The summed E-state index contributed by atoms with van der Waals surface area (Å²) in [6.07, 6.45) is 0. The molecule has 0 atom stereocenters. The molecule has 0 aliphatic carbocycles. The third-order valence-corrected chi connectivity index (χ3v) is 5.52. The highest BCUT2D eigenvalue weighted by atomic mass is 16.5. The molecule has 2 heterocycles. The first-order valence-electron chi connectivity index (χ1n) is 10.1. The third-order valence-electron chi connectivity index (χ3n) is 5.52. The summed E-state index contributed by atoms with van der Waals surface area (Å²) in [5.74, 6) is 0.118. The molecule has 2 saturated heterocycles. The summed E-state index contributed by atoms with van der Waals surface area (Å²) in [5, 5.41) is 0. The Kier molecular flexibility index (Phi) is 6.49. The molecule has 2 aliphatic rings. The number of carbonyl (C=O) groups is 1. The van der Waals surface area contributed by atoms with Crippen molar-refractivity contribution in [1.29, 1.82) is 0 Å². The molecule has 0 aromatic heterocycles. The lowest BCUT2D eigenvalue weighted by Crippen LogP contribution is -2.36. The molecule has 0 N–H and O–H groups in total. The van der Waals surface area contributed by atoms with Gasteiger partial charge < -0.3 is 9.47 Å². The Morgan fingerprint density at radius 3 is 1.50 bits per heavy atom. The standard InChI is InChI=1S/C23H28N2O3/c26-23(21-7-3-1-5-19(21)17-24-9-13-27-14-10-24)22-8-4-2-6-20(22)18-25-11-15-28-16-12-25/h1-8H,9-18H2. The van der Waals surface area contributed by atoms with Crippen molar-refractivity contribution in [3.8, 4) is 0 Å². The summed E-state index contributed by atoms with van der Waals surface area (Å²) in [5.41, 5.74) is 3.80. The molecule has 0 saturated carbocycles. The van der Waals surface area contributed by atoms with E-state index in [0.717, 1.165) is 87.9 Å². The fourth-order valence-electron chi connectivity index (χ4n) is 3.90. The maximum Gasteiger partial charge on any atom is 0.193 e. The van der Waals surface area contributed by atoms with Gasteiger partial charge in [-0.05, 0) is 11.1 Å². The molecular formula is C23H28N2O3. The minimum Gasteiger partial charge on any atom is -0.379 e. The summed E-state index contributed by atoms with van der Waals surface area (Å²) in [6.45, 7) is 8.28. The third kappa shape index (κ3) is 4.67. The Balaban J connectivity index is 1.56. The smallest absolute Gasteiger partial charge is 0.193 e. The number of benzene rings is 2. The number of morpholine rings is 2. The van der Waals surface area contributed by atoms with E-state index in [9.17, 15) is 4.79 Å². The monoisotopic (exact) mass is 380 g/mol. The largest absolute Gasteiger partial charge is 0.379 e. The quantitative estimate of drug-likeness (QED) is 0.721. The zero-order valence-electron chi connectivity index (χ0n) is 16.3. The second kappa shape index (κ2) is 9.43. The lowest BCUT2D eigenvalue weighted by molar-refractivity contribution is 0.0340. The molecule has 5 nitrogen and oxygen atoms in total. The Bertz CT molecular complexity index is 730. The second-order valence-electron chi connectivity index (χ2n) is 7.42. The topological polar surface area (TPSA) is 42.0 Å². The van der Waals surface area contributed by atoms with Crippen molar-refractivity contribution < 1.29 is 14.3 Å². The zero-order valence-corrected chi connectivity index (χ0v) is 16.3. The van der Waals surface area contributed by atoms with E-state index in [-0.39, 0.29) is 5.78 Å². The van der Waals surface area contributed by atoms with Crippen molar-refractivity contribution >= 4 is 5.78 Å². The van der Waals surface area contributed by atoms with E-state index in [2.05, 4.69) is 21.9 Å². The van der Waals surface area contributed by atoms with E-state index in [1.165, 1.54) is 0 Å². The fourth-order valence-corrected chi connectivity index (χ4v) is 3.90. The summed E-state index contributed by atoms with van der Waals surface area (Å²) in [6, 6.07) is 16.0. The Labute approximate surface area is 166 Å². The van der Waals surface area contributed by atoms with Crippen LogP contribution in [0, 0.1) is 0 Å². The highest BCUT2D eigenvalue weighted by Crippen LogP contribution is 2.21. The molecule has 2 aromatic rings. The van der Waals surface area contributed by atoms with Crippen LogP contribution in [0.4, 0.5) is 0 Å². The van der Waals surface area contributed by atoms with Gasteiger partial charge in [-0.15, -0.1) is 0 Å². The average Bonchev–Trinajstić information content (AvgIpc) is 2.76. The van der Waals surface area contributed by atoms with Crippen molar-refractivity contribution in [2.75, 3.05) is 52.6 Å². The predicted octanol–water partition coefficient (Wildman–Crippen LogP) is 2.58. The molecule has 0 unspecified atom stereocenters. The zero-order chi connectivity index (χ0) is 19.2. The molecular weight excluding hydrogens is 352 g/mol. The van der Waals surface area contributed by atoms with Crippen LogP contribution < -0.4 is 0 Å². The van der Waals surface area contributed by atoms with Crippen molar-refractivity contribution in [2.24, 2.45) is 0 Å². The molecule has 4 rings (SSSR count). The fraction of sp³-hybridized carbons (Fsp3) is 0.435. The summed E-state index contributed by atoms with van der Waals surface area (Å²) < 4.78 is 10.9. The number of ether oxygens (including phenoxy) is 2. The van der Waals surface area contributed by atoms with Gasteiger partial charge in [0.05, 0.1) is 26.4 Å². The molecule has 5 heteroatoms. The molecule has 0 amide bonds. The molecule has 0 bridgehead atoms. The maximum atomic E-state index is 13.5. The lowest BCUT2D eigenvalue weighted by Gasteiger charge is -2.28. The first-order chi connectivity index (χ1) is 13.8. The SMILES string of the molecule is O=C(c1ccccc1CN1CCOCC1)c1ccccc1CN1CCOCC1. The van der Waals surface area contributed by atoms with Gasteiger partial charge >= 0.3 is 0 Å². The molecule has 2 aromatic carbocycles. The van der Waals surface area contributed by atoms with E-state index in [4.69, 9.17) is 9.47 Å². The average molecular weight is 380 g/mol. The number of hydrogen-bond acceptors (Lipinski definition) is 5. The minimum absolute atomic E-state index is 0.118. The van der Waals surface area contributed by atoms with Gasteiger partial charge in [-0.3, -0.25) is 14.6 Å². The number of hydrogen-bond donors (Lipinski definition) is 0. The first-order valence-corrected chi connectivity index (χ1v) is 10.1. The van der Waals surface area contributed by atoms with Crippen molar-refractivity contribution in [3.63, 3.8) is 0 Å². The van der Waals surface area contributed by atoms with Crippen LogP contribution in [-0.2, 0) is 22.6 Å². The van der Waals surface area contributed by atoms with Crippen LogP contribution in [0.25, 0.3) is 0 Å². The normalized spacial score (nSPS) is 18.9. The van der Waals surface area contributed by atoms with Crippen LogP contribution in [0.5, 0.6) is 0 Å². The van der Waals surface area contributed by atoms with Crippen LogP contribution in [0.3, 0.4) is 0 Å².